The standard InChI is InChI=1S/C27H22N2O6S2/c1-4-34-26(32)22-15(2)28-27-29(23(22)20-9-6-12-36-20)24(30)21(37-27)14-18-10-11-19(35-18)16-7-5-8-17(13-16)25(31)33-3/h5-14,23H,4H2,1-3H3/b21-14+/t23-/m0/s1. The minimum Gasteiger partial charge on any atom is -0.465 e. The second-order valence-corrected chi connectivity index (χ2v) is 10.1. The van der Waals surface area contributed by atoms with Crippen molar-refractivity contribution < 1.29 is 23.5 Å². The number of nitrogens with zero attached hydrogens (tertiary/aromatic N) is 2. The summed E-state index contributed by atoms with van der Waals surface area (Å²) in [5.41, 5.74) is 1.72. The Morgan fingerprint density at radius 3 is 2.73 bits per heavy atom. The molecule has 37 heavy (non-hydrogen) atoms. The second kappa shape index (κ2) is 10.2. The Labute approximate surface area is 219 Å². The number of fused-ring (bicyclic) bond motifs is 1. The highest BCUT2D eigenvalue weighted by molar-refractivity contribution is 7.10. The van der Waals surface area contributed by atoms with Gasteiger partial charge < -0.3 is 13.9 Å². The quantitative estimate of drug-likeness (QED) is 0.348. The van der Waals surface area contributed by atoms with Crippen LogP contribution in [0.3, 0.4) is 0 Å². The van der Waals surface area contributed by atoms with E-state index in [1.54, 1.807) is 54.8 Å². The topological polar surface area (TPSA) is 100 Å². The number of allylic oxidation sites excluding steroid dienone is 1. The van der Waals surface area contributed by atoms with Crippen molar-refractivity contribution in [1.82, 2.24) is 4.57 Å². The molecule has 10 heteroatoms. The number of hydrogen-bond acceptors (Lipinski definition) is 9. The summed E-state index contributed by atoms with van der Waals surface area (Å²) in [7, 11) is 1.33. The number of carbonyl (C=O) groups is 2. The normalized spacial score (nSPS) is 15.3. The molecule has 5 rings (SSSR count). The van der Waals surface area contributed by atoms with Crippen LogP contribution in [0.25, 0.3) is 17.4 Å². The molecule has 4 heterocycles. The van der Waals surface area contributed by atoms with Gasteiger partial charge in [0.1, 0.15) is 17.6 Å². The van der Waals surface area contributed by atoms with E-state index in [4.69, 9.17) is 13.9 Å². The van der Waals surface area contributed by atoms with E-state index in [1.165, 1.54) is 29.8 Å². The highest BCUT2D eigenvalue weighted by Crippen LogP contribution is 2.33. The van der Waals surface area contributed by atoms with Crippen LogP contribution in [-0.2, 0) is 14.3 Å². The molecule has 1 aliphatic heterocycles. The van der Waals surface area contributed by atoms with Crippen LogP contribution in [0.2, 0.25) is 0 Å². The molecule has 4 aromatic rings. The van der Waals surface area contributed by atoms with Crippen molar-refractivity contribution in [2.45, 2.75) is 19.9 Å². The number of methoxy groups -OCH3 is 1. The SMILES string of the molecule is CCOC(=O)C1=C(C)N=c2s/c(=C/c3ccc(-c4cccc(C(=O)OC)c4)o3)c(=O)n2[C@H]1c1cccs1. The molecule has 0 N–H and O–H groups in total. The molecular formula is C27H22N2O6S2. The lowest BCUT2D eigenvalue weighted by atomic mass is 10.0. The number of rotatable bonds is 6. The lowest BCUT2D eigenvalue weighted by Crippen LogP contribution is -2.39. The predicted molar refractivity (Wildman–Crippen MR) is 140 cm³/mol. The summed E-state index contributed by atoms with van der Waals surface area (Å²) in [4.78, 5) is 44.3. The minimum absolute atomic E-state index is 0.223. The zero-order valence-corrected chi connectivity index (χ0v) is 21.9. The highest BCUT2D eigenvalue weighted by atomic mass is 32.1. The maximum absolute atomic E-state index is 13.6. The number of ether oxygens (including phenoxy) is 2. The third-order valence-corrected chi connectivity index (χ3v) is 7.71. The Bertz CT molecular complexity index is 1710. The second-order valence-electron chi connectivity index (χ2n) is 8.09. The first-order valence-corrected chi connectivity index (χ1v) is 13.1. The number of carbonyl (C=O) groups excluding carboxylic acids is 2. The minimum atomic E-state index is -0.620. The molecule has 0 fully saturated rings. The monoisotopic (exact) mass is 534 g/mol. The van der Waals surface area contributed by atoms with Crippen molar-refractivity contribution in [3.8, 4) is 11.3 Å². The summed E-state index contributed by atoms with van der Waals surface area (Å²) in [5.74, 6) is 0.0910. The summed E-state index contributed by atoms with van der Waals surface area (Å²) in [6, 6.07) is 13.6. The molecule has 1 aliphatic rings. The molecule has 0 spiro atoms. The van der Waals surface area contributed by atoms with Crippen LogP contribution in [0.4, 0.5) is 0 Å². The van der Waals surface area contributed by atoms with Crippen molar-refractivity contribution >= 4 is 40.7 Å². The number of thiophene rings is 1. The van der Waals surface area contributed by atoms with Crippen molar-refractivity contribution in [3.63, 3.8) is 0 Å². The fraction of sp³-hybridized carbons (Fsp3) is 0.185. The average Bonchev–Trinajstić information content (AvgIpc) is 3.65. The molecule has 0 saturated carbocycles. The first kappa shape index (κ1) is 24.7. The zero-order chi connectivity index (χ0) is 26.1. The Morgan fingerprint density at radius 2 is 2.00 bits per heavy atom. The molecule has 0 aliphatic carbocycles. The fourth-order valence-electron chi connectivity index (χ4n) is 4.14. The third-order valence-electron chi connectivity index (χ3n) is 5.80. The van der Waals surface area contributed by atoms with E-state index in [0.29, 0.717) is 43.3 Å². The molecule has 1 aromatic carbocycles. The fourth-order valence-corrected chi connectivity index (χ4v) is 5.99. The molecular weight excluding hydrogens is 512 g/mol. The molecule has 1 atom stereocenters. The van der Waals surface area contributed by atoms with E-state index >= 15 is 0 Å². The van der Waals surface area contributed by atoms with Crippen LogP contribution < -0.4 is 14.9 Å². The largest absolute Gasteiger partial charge is 0.465 e. The summed E-state index contributed by atoms with van der Waals surface area (Å²) in [6.45, 7) is 3.72. The van der Waals surface area contributed by atoms with Crippen LogP contribution in [0, 0.1) is 0 Å². The van der Waals surface area contributed by atoms with E-state index in [1.807, 2.05) is 23.6 Å². The van der Waals surface area contributed by atoms with Gasteiger partial charge in [0.15, 0.2) is 4.80 Å². The lowest BCUT2D eigenvalue weighted by molar-refractivity contribution is -0.139. The molecule has 0 unspecified atom stereocenters. The van der Waals surface area contributed by atoms with E-state index in [2.05, 4.69) is 4.99 Å². The Hall–Kier alpha value is -4.02. The van der Waals surface area contributed by atoms with Gasteiger partial charge >= 0.3 is 11.9 Å². The maximum Gasteiger partial charge on any atom is 0.338 e. The van der Waals surface area contributed by atoms with Crippen LogP contribution in [-0.4, -0.2) is 30.2 Å². The molecule has 0 bridgehead atoms. The number of benzene rings is 1. The Balaban J connectivity index is 1.58. The van der Waals surface area contributed by atoms with Gasteiger partial charge in [-0.3, -0.25) is 9.36 Å². The van der Waals surface area contributed by atoms with Gasteiger partial charge in [0, 0.05) is 16.5 Å². The van der Waals surface area contributed by atoms with Gasteiger partial charge in [-0.15, -0.1) is 11.3 Å². The molecule has 0 radical (unpaired) electrons. The summed E-state index contributed by atoms with van der Waals surface area (Å²) < 4.78 is 18.0. The highest BCUT2D eigenvalue weighted by Gasteiger charge is 2.33. The van der Waals surface area contributed by atoms with E-state index in [0.717, 1.165) is 4.88 Å². The Kier molecular flexibility index (Phi) is 6.77. The number of esters is 2. The van der Waals surface area contributed by atoms with Gasteiger partial charge in [0.05, 0.1) is 35.1 Å². The van der Waals surface area contributed by atoms with Crippen LogP contribution in [0.1, 0.15) is 40.9 Å². The predicted octanol–water partition coefficient (Wildman–Crippen LogP) is 3.91. The zero-order valence-electron chi connectivity index (χ0n) is 20.2. The van der Waals surface area contributed by atoms with Gasteiger partial charge in [-0.1, -0.05) is 29.5 Å². The van der Waals surface area contributed by atoms with Crippen molar-refractivity contribution in [1.29, 1.82) is 0 Å². The lowest BCUT2D eigenvalue weighted by Gasteiger charge is -2.23. The maximum atomic E-state index is 13.6. The summed E-state index contributed by atoms with van der Waals surface area (Å²) in [6.07, 6.45) is 1.66. The van der Waals surface area contributed by atoms with Gasteiger partial charge in [-0.25, -0.2) is 14.6 Å². The molecule has 0 amide bonds. The average molecular weight is 535 g/mol. The Morgan fingerprint density at radius 1 is 1.16 bits per heavy atom. The van der Waals surface area contributed by atoms with Gasteiger partial charge in [0.2, 0.25) is 0 Å². The van der Waals surface area contributed by atoms with Crippen molar-refractivity contribution in [2.75, 3.05) is 13.7 Å². The third kappa shape index (κ3) is 4.61. The first-order valence-electron chi connectivity index (χ1n) is 11.4. The molecule has 188 valence electrons. The smallest absolute Gasteiger partial charge is 0.338 e. The number of furan rings is 1. The van der Waals surface area contributed by atoms with Gasteiger partial charge in [-0.05, 0) is 49.6 Å². The summed E-state index contributed by atoms with van der Waals surface area (Å²) >= 11 is 2.69. The molecule has 3 aromatic heterocycles. The van der Waals surface area contributed by atoms with E-state index in [9.17, 15) is 14.4 Å². The van der Waals surface area contributed by atoms with Crippen LogP contribution in [0.15, 0.2) is 79.4 Å². The summed E-state index contributed by atoms with van der Waals surface area (Å²) in [5, 5.41) is 1.91. The number of hydrogen-bond donors (Lipinski definition) is 0. The van der Waals surface area contributed by atoms with Gasteiger partial charge in [0.25, 0.3) is 5.56 Å². The number of thiazole rings is 1. The van der Waals surface area contributed by atoms with Crippen molar-refractivity contribution in [2.24, 2.45) is 4.99 Å². The van der Waals surface area contributed by atoms with Crippen molar-refractivity contribution in [3.05, 3.63) is 101 Å². The first-order chi connectivity index (χ1) is 17.9. The van der Waals surface area contributed by atoms with E-state index < -0.39 is 18.0 Å². The number of aromatic nitrogens is 1. The van der Waals surface area contributed by atoms with Crippen LogP contribution in [0.5, 0.6) is 0 Å². The molecule has 8 nitrogen and oxygen atoms in total. The van der Waals surface area contributed by atoms with E-state index in [-0.39, 0.29) is 12.2 Å². The van der Waals surface area contributed by atoms with Gasteiger partial charge in [-0.2, -0.15) is 0 Å². The van der Waals surface area contributed by atoms with Crippen LogP contribution >= 0.6 is 22.7 Å². The molecule has 0 saturated heterocycles.